The Hall–Kier alpha value is -1.37. The van der Waals surface area contributed by atoms with Crippen LogP contribution in [0.2, 0.25) is 0 Å². The van der Waals surface area contributed by atoms with Gasteiger partial charge in [0.25, 0.3) is 5.91 Å². The predicted molar refractivity (Wildman–Crippen MR) is 78.4 cm³/mol. The number of nitrogens with one attached hydrogen (secondary N) is 2. The van der Waals surface area contributed by atoms with E-state index in [1.54, 1.807) is 12.4 Å². The number of hydrogen-bond donors (Lipinski definition) is 2. The summed E-state index contributed by atoms with van der Waals surface area (Å²) in [5.74, 6) is 0.943. The van der Waals surface area contributed by atoms with Crippen molar-refractivity contribution >= 4 is 28.5 Å². The number of amides is 1. The van der Waals surface area contributed by atoms with E-state index in [-0.39, 0.29) is 5.91 Å². The Bertz CT molecular complexity index is 511. The second kappa shape index (κ2) is 6.53. The summed E-state index contributed by atoms with van der Waals surface area (Å²) >= 11 is 2.17. The van der Waals surface area contributed by atoms with E-state index in [0.29, 0.717) is 6.54 Å². The van der Waals surface area contributed by atoms with Crippen LogP contribution in [-0.2, 0) is 6.42 Å². The number of hydrogen-bond acceptors (Lipinski definition) is 2. The molecule has 0 saturated heterocycles. The van der Waals surface area contributed by atoms with E-state index in [4.69, 9.17) is 0 Å². The molecule has 2 N–H and O–H groups in total. The van der Waals surface area contributed by atoms with Gasteiger partial charge < -0.3 is 10.3 Å². The lowest BCUT2D eigenvalue weighted by atomic mass is 10.2. The fraction of sp³-hybridized carbons (Fsp3) is 0.231. The van der Waals surface area contributed by atoms with Gasteiger partial charge in [-0.15, -0.1) is 0 Å². The fourth-order valence-corrected chi connectivity index (χ4v) is 2.27. The summed E-state index contributed by atoms with van der Waals surface area (Å²) < 4.78 is 0.971. The van der Waals surface area contributed by atoms with Gasteiger partial charge in [-0.2, -0.15) is 0 Å². The summed E-state index contributed by atoms with van der Waals surface area (Å²) in [7, 11) is 0. The first-order chi connectivity index (χ1) is 8.77. The summed E-state index contributed by atoms with van der Waals surface area (Å²) in [6.45, 7) is 0.657. The van der Waals surface area contributed by atoms with Crippen LogP contribution in [0.4, 0.5) is 0 Å². The molecule has 1 heterocycles. The zero-order valence-electron chi connectivity index (χ0n) is 9.82. The standard InChI is InChI=1S/C13H14IN3O/c14-11-5-2-1-4-10(11)13(18)17-7-3-6-12-15-8-9-16-12/h1-2,4-5,8-9H,3,6-7H2,(H,15,16)(H,17,18). The molecule has 1 amide bonds. The van der Waals surface area contributed by atoms with Crippen LogP contribution >= 0.6 is 22.6 Å². The monoisotopic (exact) mass is 355 g/mol. The highest BCUT2D eigenvalue weighted by Crippen LogP contribution is 2.10. The highest BCUT2D eigenvalue weighted by Gasteiger charge is 2.07. The lowest BCUT2D eigenvalue weighted by Crippen LogP contribution is -2.25. The second-order valence-electron chi connectivity index (χ2n) is 3.88. The normalized spacial score (nSPS) is 10.3. The molecule has 0 fully saturated rings. The number of rotatable bonds is 5. The minimum atomic E-state index is -0.0144. The molecule has 94 valence electrons. The maximum Gasteiger partial charge on any atom is 0.252 e. The first-order valence-electron chi connectivity index (χ1n) is 5.78. The molecule has 0 aliphatic heterocycles. The molecule has 0 saturated carbocycles. The first kappa shape index (κ1) is 13.1. The van der Waals surface area contributed by atoms with Crippen molar-refractivity contribution in [1.29, 1.82) is 0 Å². The smallest absolute Gasteiger partial charge is 0.252 e. The lowest BCUT2D eigenvalue weighted by molar-refractivity contribution is 0.0952. The Labute approximate surface area is 119 Å². The van der Waals surface area contributed by atoms with E-state index in [1.807, 2.05) is 24.3 Å². The van der Waals surface area contributed by atoms with Crippen molar-refractivity contribution in [2.75, 3.05) is 6.54 Å². The highest BCUT2D eigenvalue weighted by molar-refractivity contribution is 14.1. The number of halogens is 1. The molecule has 5 heteroatoms. The summed E-state index contributed by atoms with van der Waals surface area (Å²) in [6.07, 6.45) is 5.27. The van der Waals surface area contributed by atoms with Gasteiger partial charge in [-0.1, -0.05) is 12.1 Å². The number of H-pyrrole nitrogens is 1. The molecule has 0 bridgehead atoms. The zero-order chi connectivity index (χ0) is 12.8. The minimum Gasteiger partial charge on any atom is -0.352 e. The Morgan fingerprint density at radius 2 is 2.22 bits per heavy atom. The average molecular weight is 355 g/mol. The van der Waals surface area contributed by atoms with Crippen LogP contribution in [0.1, 0.15) is 22.6 Å². The minimum absolute atomic E-state index is 0.0144. The maximum atomic E-state index is 11.9. The third kappa shape index (κ3) is 3.56. The van der Waals surface area contributed by atoms with Crippen molar-refractivity contribution in [3.05, 3.63) is 51.6 Å². The Kier molecular flexibility index (Phi) is 4.74. The van der Waals surface area contributed by atoms with E-state index >= 15 is 0 Å². The Balaban J connectivity index is 1.77. The molecule has 0 radical (unpaired) electrons. The zero-order valence-corrected chi connectivity index (χ0v) is 12.0. The van der Waals surface area contributed by atoms with Crippen molar-refractivity contribution < 1.29 is 4.79 Å². The van der Waals surface area contributed by atoms with Gasteiger partial charge in [0.15, 0.2) is 0 Å². The second-order valence-corrected chi connectivity index (χ2v) is 5.04. The molecule has 0 aliphatic rings. The van der Waals surface area contributed by atoms with Crippen LogP contribution < -0.4 is 5.32 Å². The van der Waals surface area contributed by atoms with Crippen molar-refractivity contribution in [1.82, 2.24) is 15.3 Å². The van der Waals surface area contributed by atoms with Gasteiger partial charge in [-0.05, 0) is 41.1 Å². The quantitative estimate of drug-likeness (QED) is 0.639. The van der Waals surface area contributed by atoms with E-state index < -0.39 is 0 Å². The number of carbonyl (C=O) groups excluding carboxylic acids is 1. The SMILES string of the molecule is O=C(NCCCc1ncc[nH]1)c1ccccc1I. The van der Waals surface area contributed by atoms with Crippen molar-refractivity contribution in [3.8, 4) is 0 Å². The van der Waals surface area contributed by atoms with Gasteiger partial charge in [0.05, 0.1) is 5.56 Å². The predicted octanol–water partition coefficient (Wildman–Crippen LogP) is 2.38. The molecule has 0 spiro atoms. The van der Waals surface area contributed by atoms with Gasteiger partial charge in [0.1, 0.15) is 5.82 Å². The number of aryl methyl sites for hydroxylation is 1. The van der Waals surface area contributed by atoms with Crippen LogP contribution in [0.3, 0.4) is 0 Å². The van der Waals surface area contributed by atoms with Crippen molar-refractivity contribution in [3.63, 3.8) is 0 Å². The molecule has 0 atom stereocenters. The molecule has 18 heavy (non-hydrogen) atoms. The van der Waals surface area contributed by atoms with Crippen LogP contribution in [0.5, 0.6) is 0 Å². The first-order valence-corrected chi connectivity index (χ1v) is 6.86. The molecule has 0 unspecified atom stereocenters. The molecule has 1 aromatic carbocycles. The molecule has 2 rings (SSSR count). The van der Waals surface area contributed by atoms with Crippen LogP contribution in [0, 0.1) is 3.57 Å². The average Bonchev–Trinajstić information content (AvgIpc) is 2.88. The van der Waals surface area contributed by atoms with Gasteiger partial charge in [0.2, 0.25) is 0 Å². The number of carbonyl (C=O) groups is 1. The molecule has 1 aromatic heterocycles. The summed E-state index contributed by atoms with van der Waals surface area (Å²) in [4.78, 5) is 19.1. The summed E-state index contributed by atoms with van der Waals surface area (Å²) in [5.41, 5.74) is 0.732. The van der Waals surface area contributed by atoms with E-state index in [9.17, 15) is 4.79 Å². The van der Waals surface area contributed by atoms with Gasteiger partial charge in [-0.3, -0.25) is 4.79 Å². The largest absolute Gasteiger partial charge is 0.352 e. The molecule has 0 aliphatic carbocycles. The van der Waals surface area contributed by atoms with Crippen LogP contribution in [0.25, 0.3) is 0 Å². The van der Waals surface area contributed by atoms with Gasteiger partial charge in [-0.25, -0.2) is 4.98 Å². The number of benzene rings is 1. The highest BCUT2D eigenvalue weighted by atomic mass is 127. The number of imidazole rings is 1. The number of aromatic amines is 1. The number of nitrogens with zero attached hydrogens (tertiary/aromatic N) is 1. The van der Waals surface area contributed by atoms with E-state index in [1.165, 1.54) is 0 Å². The van der Waals surface area contributed by atoms with Gasteiger partial charge in [0, 0.05) is 28.9 Å². The maximum absolute atomic E-state index is 11.9. The van der Waals surface area contributed by atoms with Gasteiger partial charge >= 0.3 is 0 Å². The van der Waals surface area contributed by atoms with Crippen molar-refractivity contribution in [2.24, 2.45) is 0 Å². The van der Waals surface area contributed by atoms with Crippen molar-refractivity contribution in [2.45, 2.75) is 12.8 Å². The third-order valence-electron chi connectivity index (χ3n) is 2.55. The molecule has 4 nitrogen and oxygen atoms in total. The fourth-order valence-electron chi connectivity index (χ4n) is 1.63. The van der Waals surface area contributed by atoms with Crippen LogP contribution in [0.15, 0.2) is 36.7 Å². The Morgan fingerprint density at radius 3 is 2.94 bits per heavy atom. The van der Waals surface area contributed by atoms with E-state index in [0.717, 1.165) is 27.8 Å². The topological polar surface area (TPSA) is 57.8 Å². The third-order valence-corrected chi connectivity index (χ3v) is 3.49. The molecular weight excluding hydrogens is 341 g/mol. The lowest BCUT2D eigenvalue weighted by Gasteiger charge is -2.06. The Morgan fingerprint density at radius 1 is 1.39 bits per heavy atom. The summed E-state index contributed by atoms with van der Waals surface area (Å²) in [5, 5.41) is 2.92. The summed E-state index contributed by atoms with van der Waals surface area (Å²) in [6, 6.07) is 7.57. The van der Waals surface area contributed by atoms with Crippen LogP contribution in [-0.4, -0.2) is 22.4 Å². The molecular formula is C13H14IN3O. The van der Waals surface area contributed by atoms with E-state index in [2.05, 4.69) is 37.9 Å². The molecule has 2 aromatic rings. The number of aromatic nitrogens is 2.